The average Bonchev–Trinajstić information content (AvgIpc) is 2.28. The largest absolute Gasteiger partial charge is 0.324 e. The first kappa shape index (κ1) is 14.4. The maximum Gasteiger partial charge on any atom is 0.141 e. The van der Waals surface area contributed by atoms with Crippen LogP contribution in [0.1, 0.15) is 25.5 Å². The standard InChI is InChI=1S/C13H20ClFN2/c1-8(2)10(7-17-3)13(16)9-4-5-12(15)11(14)6-9/h4-6,8,10,13,17H,7,16H2,1-3H3. The molecule has 0 aliphatic rings. The van der Waals surface area contributed by atoms with Gasteiger partial charge in [0.1, 0.15) is 5.82 Å². The minimum Gasteiger partial charge on any atom is -0.324 e. The highest BCUT2D eigenvalue weighted by Gasteiger charge is 2.22. The highest BCUT2D eigenvalue weighted by atomic mass is 35.5. The van der Waals surface area contributed by atoms with Gasteiger partial charge in [-0.3, -0.25) is 0 Å². The Morgan fingerprint density at radius 3 is 2.53 bits per heavy atom. The maximum atomic E-state index is 13.1. The number of rotatable bonds is 5. The van der Waals surface area contributed by atoms with E-state index in [1.807, 2.05) is 7.05 Å². The molecule has 0 amide bonds. The van der Waals surface area contributed by atoms with E-state index in [1.165, 1.54) is 6.07 Å². The summed E-state index contributed by atoms with van der Waals surface area (Å²) in [5, 5.41) is 3.27. The van der Waals surface area contributed by atoms with Gasteiger partial charge in [-0.2, -0.15) is 0 Å². The highest BCUT2D eigenvalue weighted by Crippen LogP contribution is 2.28. The van der Waals surface area contributed by atoms with Crippen molar-refractivity contribution in [3.63, 3.8) is 0 Å². The Bertz CT molecular complexity index is 368. The Hall–Kier alpha value is -0.640. The van der Waals surface area contributed by atoms with E-state index in [2.05, 4.69) is 19.2 Å². The Kier molecular flexibility index (Phi) is 5.37. The third kappa shape index (κ3) is 3.66. The summed E-state index contributed by atoms with van der Waals surface area (Å²) < 4.78 is 13.1. The zero-order valence-corrected chi connectivity index (χ0v) is 11.3. The normalized spacial score (nSPS) is 15.0. The van der Waals surface area contributed by atoms with Crippen molar-refractivity contribution in [2.45, 2.75) is 19.9 Å². The summed E-state index contributed by atoms with van der Waals surface area (Å²) >= 11 is 5.77. The number of nitrogens with one attached hydrogen (secondary N) is 1. The van der Waals surface area contributed by atoms with Crippen LogP contribution in [-0.4, -0.2) is 13.6 Å². The molecule has 4 heteroatoms. The van der Waals surface area contributed by atoms with Crippen LogP contribution in [0.3, 0.4) is 0 Å². The molecule has 1 rings (SSSR count). The molecule has 3 N–H and O–H groups in total. The molecule has 1 aromatic rings. The van der Waals surface area contributed by atoms with E-state index in [4.69, 9.17) is 17.3 Å². The molecule has 0 aromatic heterocycles. The van der Waals surface area contributed by atoms with Crippen molar-refractivity contribution in [1.29, 1.82) is 0 Å². The second kappa shape index (κ2) is 6.34. The van der Waals surface area contributed by atoms with E-state index < -0.39 is 5.82 Å². The van der Waals surface area contributed by atoms with Gasteiger partial charge in [0.15, 0.2) is 0 Å². The number of benzene rings is 1. The van der Waals surface area contributed by atoms with Gasteiger partial charge in [-0.1, -0.05) is 31.5 Å². The van der Waals surface area contributed by atoms with Crippen LogP contribution in [0.15, 0.2) is 18.2 Å². The lowest BCUT2D eigenvalue weighted by atomic mass is 9.85. The monoisotopic (exact) mass is 258 g/mol. The lowest BCUT2D eigenvalue weighted by molar-refractivity contribution is 0.314. The van der Waals surface area contributed by atoms with Gasteiger partial charge in [-0.05, 0) is 43.1 Å². The predicted octanol–water partition coefficient (Wildman–Crippen LogP) is 2.97. The number of hydrogen-bond donors (Lipinski definition) is 2. The third-order valence-corrected chi connectivity index (χ3v) is 3.38. The molecule has 96 valence electrons. The van der Waals surface area contributed by atoms with Crippen molar-refractivity contribution < 1.29 is 4.39 Å². The SMILES string of the molecule is CNCC(C(C)C)C(N)c1ccc(F)c(Cl)c1. The van der Waals surface area contributed by atoms with E-state index in [0.29, 0.717) is 11.8 Å². The summed E-state index contributed by atoms with van der Waals surface area (Å²) in [6.07, 6.45) is 0. The molecular formula is C13H20ClFN2. The molecule has 2 nitrogen and oxygen atoms in total. The van der Waals surface area contributed by atoms with Crippen LogP contribution in [0.25, 0.3) is 0 Å². The summed E-state index contributed by atoms with van der Waals surface area (Å²) in [4.78, 5) is 0. The summed E-state index contributed by atoms with van der Waals surface area (Å²) in [7, 11) is 1.90. The average molecular weight is 259 g/mol. The molecule has 17 heavy (non-hydrogen) atoms. The van der Waals surface area contributed by atoms with Crippen molar-refractivity contribution in [1.82, 2.24) is 5.32 Å². The van der Waals surface area contributed by atoms with Crippen molar-refractivity contribution in [3.8, 4) is 0 Å². The predicted molar refractivity (Wildman–Crippen MR) is 70.6 cm³/mol. The Morgan fingerprint density at radius 1 is 1.41 bits per heavy atom. The smallest absolute Gasteiger partial charge is 0.141 e. The second-order valence-corrected chi connectivity index (χ2v) is 5.07. The molecule has 1 aromatic carbocycles. The van der Waals surface area contributed by atoms with Crippen molar-refractivity contribution in [2.75, 3.05) is 13.6 Å². The molecule has 0 heterocycles. The molecule has 2 atom stereocenters. The van der Waals surface area contributed by atoms with Crippen molar-refractivity contribution >= 4 is 11.6 Å². The van der Waals surface area contributed by atoms with Gasteiger partial charge in [0, 0.05) is 6.04 Å². The zero-order valence-electron chi connectivity index (χ0n) is 10.5. The summed E-state index contributed by atoms with van der Waals surface area (Å²) in [6.45, 7) is 5.09. The summed E-state index contributed by atoms with van der Waals surface area (Å²) in [5.74, 6) is 0.333. The van der Waals surface area contributed by atoms with Crippen molar-refractivity contribution in [2.24, 2.45) is 17.6 Å². The van der Waals surface area contributed by atoms with Gasteiger partial charge in [0.2, 0.25) is 0 Å². The van der Waals surface area contributed by atoms with E-state index in [1.54, 1.807) is 12.1 Å². The summed E-state index contributed by atoms with van der Waals surface area (Å²) in [5.41, 5.74) is 7.10. The minimum atomic E-state index is -0.405. The van der Waals surface area contributed by atoms with E-state index in [0.717, 1.165) is 12.1 Å². The number of nitrogens with two attached hydrogens (primary N) is 1. The van der Waals surface area contributed by atoms with Crippen LogP contribution in [0.2, 0.25) is 5.02 Å². The number of hydrogen-bond acceptors (Lipinski definition) is 2. The van der Waals surface area contributed by atoms with Gasteiger partial charge >= 0.3 is 0 Å². The topological polar surface area (TPSA) is 38.0 Å². The van der Waals surface area contributed by atoms with Gasteiger partial charge in [-0.15, -0.1) is 0 Å². The Morgan fingerprint density at radius 2 is 2.06 bits per heavy atom. The molecule has 0 spiro atoms. The first-order valence-corrected chi connectivity index (χ1v) is 6.20. The van der Waals surface area contributed by atoms with Crippen molar-refractivity contribution in [3.05, 3.63) is 34.6 Å². The number of halogens is 2. The van der Waals surface area contributed by atoms with Crippen LogP contribution < -0.4 is 11.1 Å². The Balaban J connectivity index is 2.92. The van der Waals surface area contributed by atoms with E-state index in [9.17, 15) is 4.39 Å². The fourth-order valence-corrected chi connectivity index (χ4v) is 2.17. The fraction of sp³-hybridized carbons (Fsp3) is 0.538. The molecular weight excluding hydrogens is 239 g/mol. The quantitative estimate of drug-likeness (QED) is 0.852. The van der Waals surface area contributed by atoms with Crippen LogP contribution >= 0.6 is 11.6 Å². The minimum absolute atomic E-state index is 0.130. The first-order valence-electron chi connectivity index (χ1n) is 5.82. The molecule has 0 radical (unpaired) electrons. The highest BCUT2D eigenvalue weighted by molar-refractivity contribution is 6.30. The lowest BCUT2D eigenvalue weighted by Gasteiger charge is -2.27. The van der Waals surface area contributed by atoms with Crippen LogP contribution in [-0.2, 0) is 0 Å². The molecule has 0 bridgehead atoms. The second-order valence-electron chi connectivity index (χ2n) is 4.66. The van der Waals surface area contributed by atoms with Crippen LogP contribution in [0.4, 0.5) is 4.39 Å². The summed E-state index contributed by atoms with van der Waals surface area (Å²) in [6, 6.07) is 4.55. The molecule has 0 aliphatic heterocycles. The fourth-order valence-electron chi connectivity index (χ4n) is 1.98. The molecule has 0 aliphatic carbocycles. The lowest BCUT2D eigenvalue weighted by Crippen LogP contribution is -2.33. The first-order chi connectivity index (χ1) is 7.97. The third-order valence-electron chi connectivity index (χ3n) is 3.09. The molecule has 0 saturated carbocycles. The Labute approximate surface area is 107 Å². The van der Waals surface area contributed by atoms with Gasteiger partial charge in [0.05, 0.1) is 5.02 Å². The van der Waals surface area contributed by atoms with Gasteiger partial charge < -0.3 is 11.1 Å². The molecule has 2 unspecified atom stereocenters. The van der Waals surface area contributed by atoms with Gasteiger partial charge in [-0.25, -0.2) is 4.39 Å². The van der Waals surface area contributed by atoms with E-state index >= 15 is 0 Å². The van der Waals surface area contributed by atoms with Crippen LogP contribution in [0, 0.1) is 17.7 Å². The molecule has 0 saturated heterocycles. The zero-order chi connectivity index (χ0) is 13.0. The maximum absolute atomic E-state index is 13.1. The van der Waals surface area contributed by atoms with Crippen LogP contribution in [0.5, 0.6) is 0 Å². The molecule has 0 fully saturated rings. The van der Waals surface area contributed by atoms with E-state index in [-0.39, 0.29) is 11.1 Å². The van der Waals surface area contributed by atoms with Gasteiger partial charge in [0.25, 0.3) is 0 Å².